The molecule has 1 amide bonds. The maximum atomic E-state index is 13.6. The van der Waals surface area contributed by atoms with Crippen molar-refractivity contribution in [3.05, 3.63) is 107 Å². The van der Waals surface area contributed by atoms with E-state index in [1.54, 1.807) is 12.4 Å². The van der Waals surface area contributed by atoms with E-state index in [1.807, 2.05) is 49.4 Å². The zero-order valence-corrected chi connectivity index (χ0v) is 18.7. The highest BCUT2D eigenvalue weighted by atomic mass is 19.1. The molecule has 0 radical (unpaired) electrons. The molecule has 2 aromatic carbocycles. The van der Waals surface area contributed by atoms with E-state index in [1.165, 1.54) is 24.3 Å². The van der Waals surface area contributed by atoms with Gasteiger partial charge in [-0.25, -0.2) is 4.39 Å². The topological polar surface area (TPSA) is 71.4 Å². The second kappa shape index (κ2) is 9.14. The van der Waals surface area contributed by atoms with Crippen LogP contribution in [0.2, 0.25) is 0 Å². The third-order valence-corrected chi connectivity index (χ3v) is 6.62. The van der Waals surface area contributed by atoms with Gasteiger partial charge in [0.05, 0.1) is 5.92 Å². The minimum absolute atomic E-state index is 0.0211. The molecule has 2 aliphatic rings. The number of pyridine rings is 1. The lowest BCUT2D eigenvalue weighted by atomic mass is 9.69. The van der Waals surface area contributed by atoms with Gasteiger partial charge in [0.1, 0.15) is 5.82 Å². The van der Waals surface area contributed by atoms with Crippen molar-refractivity contribution >= 4 is 23.1 Å². The minimum atomic E-state index is -0.663. The highest BCUT2D eigenvalue weighted by Gasteiger charge is 2.44. The second-order valence-electron chi connectivity index (χ2n) is 8.78. The van der Waals surface area contributed by atoms with E-state index in [-0.39, 0.29) is 23.4 Å². The molecular formula is C28H24FN3O2. The summed E-state index contributed by atoms with van der Waals surface area (Å²) >= 11 is 0. The number of benzene rings is 2. The maximum absolute atomic E-state index is 13.6. The largest absolute Gasteiger partial charge is 0.325 e. The lowest BCUT2D eigenvalue weighted by Gasteiger charge is -2.37. The molecule has 34 heavy (non-hydrogen) atoms. The molecule has 2 heterocycles. The van der Waals surface area contributed by atoms with E-state index in [2.05, 4.69) is 10.3 Å². The standard InChI is InChI=1S/C28H24FN3O2/c1-17-25(28(34)32-22-9-7-21(29)8-10-22)26(19-11-13-30-14-12-19)27-23(31-17)15-20(16-24(27)33)18-5-3-2-4-6-18/h2-14,20,25-26H,15-16H2,1H3,(H,32,34)/t20-,25?,26+/m1/s1. The Morgan fingerprint density at radius 3 is 2.35 bits per heavy atom. The molecule has 0 spiro atoms. The molecule has 1 aliphatic carbocycles. The Morgan fingerprint density at radius 2 is 1.65 bits per heavy atom. The summed E-state index contributed by atoms with van der Waals surface area (Å²) in [6, 6.07) is 19.3. The average Bonchev–Trinajstić information content (AvgIpc) is 2.85. The van der Waals surface area contributed by atoms with Gasteiger partial charge in [0.2, 0.25) is 5.91 Å². The number of anilines is 1. The highest BCUT2D eigenvalue weighted by Crippen LogP contribution is 2.46. The summed E-state index contributed by atoms with van der Waals surface area (Å²) in [7, 11) is 0. The van der Waals surface area contributed by atoms with Crippen LogP contribution in [-0.2, 0) is 9.59 Å². The number of hydrogen-bond acceptors (Lipinski definition) is 4. The van der Waals surface area contributed by atoms with Crippen LogP contribution in [0.15, 0.2) is 95.4 Å². The number of rotatable bonds is 4. The van der Waals surface area contributed by atoms with Gasteiger partial charge in [-0.05, 0) is 66.8 Å². The van der Waals surface area contributed by atoms with Crippen molar-refractivity contribution in [1.82, 2.24) is 4.98 Å². The van der Waals surface area contributed by atoms with Gasteiger partial charge in [-0.2, -0.15) is 0 Å². The molecule has 3 aromatic rings. The average molecular weight is 454 g/mol. The number of allylic oxidation sites excluding steroid dienone is 2. The molecule has 1 aliphatic heterocycles. The lowest BCUT2D eigenvalue weighted by molar-refractivity contribution is -0.119. The Hall–Kier alpha value is -3.93. The van der Waals surface area contributed by atoms with Gasteiger partial charge in [-0.3, -0.25) is 19.6 Å². The number of carbonyl (C=O) groups is 2. The predicted octanol–water partition coefficient (Wildman–Crippen LogP) is 5.43. The molecular weight excluding hydrogens is 429 g/mol. The summed E-state index contributed by atoms with van der Waals surface area (Å²) in [5, 5.41) is 2.88. The van der Waals surface area contributed by atoms with Crippen molar-refractivity contribution in [3.63, 3.8) is 0 Å². The number of hydrogen-bond donors (Lipinski definition) is 1. The zero-order chi connectivity index (χ0) is 23.7. The van der Waals surface area contributed by atoms with Gasteiger partial charge in [0, 0.05) is 47.4 Å². The van der Waals surface area contributed by atoms with Gasteiger partial charge in [0.15, 0.2) is 5.78 Å². The third kappa shape index (κ3) is 4.19. The number of nitrogens with zero attached hydrogens (tertiary/aromatic N) is 2. The summed E-state index contributed by atoms with van der Waals surface area (Å²) < 4.78 is 13.3. The maximum Gasteiger partial charge on any atom is 0.234 e. The monoisotopic (exact) mass is 453 g/mol. The van der Waals surface area contributed by atoms with E-state index in [9.17, 15) is 14.0 Å². The summed E-state index contributed by atoms with van der Waals surface area (Å²) in [6.07, 6.45) is 4.37. The molecule has 0 fully saturated rings. The van der Waals surface area contributed by atoms with E-state index in [4.69, 9.17) is 4.99 Å². The van der Waals surface area contributed by atoms with E-state index >= 15 is 0 Å². The van der Waals surface area contributed by atoms with E-state index in [0.29, 0.717) is 29.8 Å². The first kappa shape index (κ1) is 21.9. The molecule has 0 saturated heterocycles. The molecule has 0 saturated carbocycles. The third-order valence-electron chi connectivity index (χ3n) is 6.62. The van der Waals surface area contributed by atoms with E-state index in [0.717, 1.165) is 16.8 Å². The normalized spacial score (nSPS) is 22.1. The fourth-order valence-electron chi connectivity index (χ4n) is 5.04. The predicted molar refractivity (Wildman–Crippen MR) is 129 cm³/mol. The Bertz CT molecular complexity index is 1280. The van der Waals surface area contributed by atoms with Crippen molar-refractivity contribution in [2.75, 3.05) is 5.32 Å². The molecule has 1 unspecified atom stereocenters. The van der Waals surface area contributed by atoms with Crippen LogP contribution in [0.4, 0.5) is 10.1 Å². The van der Waals surface area contributed by atoms with Crippen LogP contribution >= 0.6 is 0 Å². The first-order valence-corrected chi connectivity index (χ1v) is 11.3. The quantitative estimate of drug-likeness (QED) is 0.572. The number of amides is 1. The van der Waals surface area contributed by atoms with Crippen LogP contribution in [0.1, 0.15) is 42.7 Å². The summed E-state index contributed by atoms with van der Waals surface area (Å²) in [4.78, 5) is 35.9. The number of ketones is 1. The van der Waals surface area contributed by atoms with Crippen LogP contribution < -0.4 is 5.32 Å². The van der Waals surface area contributed by atoms with Crippen LogP contribution in [0.3, 0.4) is 0 Å². The van der Waals surface area contributed by atoms with Gasteiger partial charge in [-0.15, -0.1) is 0 Å². The molecule has 6 heteroatoms. The van der Waals surface area contributed by atoms with E-state index < -0.39 is 11.8 Å². The number of aliphatic imine (C=N–C) groups is 1. The van der Waals surface area contributed by atoms with Crippen molar-refractivity contribution in [1.29, 1.82) is 0 Å². The van der Waals surface area contributed by atoms with Crippen molar-refractivity contribution in [2.45, 2.75) is 31.6 Å². The molecule has 1 aromatic heterocycles. The number of nitrogens with one attached hydrogen (secondary N) is 1. The minimum Gasteiger partial charge on any atom is -0.325 e. The molecule has 170 valence electrons. The SMILES string of the molecule is CC1=NC2=C(C(=O)C[C@H](c3ccccc3)C2)[C@@H](c2ccncc2)C1C(=O)Nc1ccc(F)cc1. The second-order valence-corrected chi connectivity index (χ2v) is 8.78. The van der Waals surface area contributed by atoms with Crippen molar-refractivity contribution < 1.29 is 14.0 Å². The Morgan fingerprint density at radius 1 is 0.941 bits per heavy atom. The van der Waals surface area contributed by atoms with Crippen LogP contribution in [0.5, 0.6) is 0 Å². The Balaban J connectivity index is 1.54. The first-order valence-electron chi connectivity index (χ1n) is 11.3. The Labute approximate surface area is 197 Å². The van der Waals surface area contributed by atoms with Crippen LogP contribution in [-0.4, -0.2) is 22.4 Å². The smallest absolute Gasteiger partial charge is 0.234 e. The summed E-state index contributed by atoms with van der Waals surface area (Å²) in [6.45, 7) is 1.84. The zero-order valence-electron chi connectivity index (χ0n) is 18.7. The number of Topliss-reactive ketones (excluding diaryl/α,β-unsaturated/α-hetero) is 1. The summed E-state index contributed by atoms with van der Waals surface area (Å²) in [5.41, 5.74) is 4.49. The molecule has 0 bridgehead atoms. The lowest BCUT2D eigenvalue weighted by Crippen LogP contribution is -2.39. The molecule has 1 N–H and O–H groups in total. The fraction of sp³-hybridized carbons (Fsp3) is 0.214. The van der Waals surface area contributed by atoms with Gasteiger partial charge >= 0.3 is 0 Å². The van der Waals surface area contributed by atoms with Crippen molar-refractivity contribution in [2.24, 2.45) is 10.9 Å². The number of halogens is 1. The Kier molecular flexibility index (Phi) is 5.88. The van der Waals surface area contributed by atoms with Gasteiger partial charge in [-0.1, -0.05) is 30.3 Å². The van der Waals surface area contributed by atoms with Crippen molar-refractivity contribution in [3.8, 4) is 0 Å². The summed E-state index contributed by atoms with van der Waals surface area (Å²) in [5.74, 6) is -1.69. The first-order chi connectivity index (χ1) is 16.5. The number of carbonyl (C=O) groups excluding carboxylic acids is 2. The number of aromatic nitrogens is 1. The van der Waals surface area contributed by atoms with Gasteiger partial charge < -0.3 is 5.32 Å². The molecule has 5 rings (SSSR count). The van der Waals surface area contributed by atoms with Crippen LogP contribution in [0.25, 0.3) is 0 Å². The molecule has 3 atom stereocenters. The fourth-order valence-corrected chi connectivity index (χ4v) is 5.04. The van der Waals surface area contributed by atoms with Crippen LogP contribution in [0, 0.1) is 11.7 Å². The molecule has 5 nitrogen and oxygen atoms in total. The van der Waals surface area contributed by atoms with Gasteiger partial charge in [0.25, 0.3) is 0 Å². The highest BCUT2D eigenvalue weighted by molar-refractivity contribution is 6.13.